The third-order valence-electron chi connectivity index (χ3n) is 6.35. The van der Waals surface area contributed by atoms with E-state index < -0.39 is 5.82 Å². The number of nitrogens with one attached hydrogen (secondary N) is 1. The topological polar surface area (TPSA) is 92.0 Å². The number of hydrogen-bond acceptors (Lipinski definition) is 6. The van der Waals surface area contributed by atoms with Crippen molar-refractivity contribution in [2.75, 3.05) is 13.2 Å². The number of nitrogens with zero attached hydrogens (tertiary/aromatic N) is 4. The average molecular weight is 474 g/mol. The first-order chi connectivity index (χ1) is 15.9. The van der Waals surface area contributed by atoms with Gasteiger partial charge >= 0.3 is 0 Å². The van der Waals surface area contributed by atoms with Gasteiger partial charge in [-0.2, -0.15) is 5.10 Å². The number of benzene rings is 1. The Morgan fingerprint density at radius 2 is 2.12 bits per heavy atom. The molecule has 1 aliphatic carbocycles. The first-order valence-electron chi connectivity index (χ1n) is 11.0. The Hall–Kier alpha value is -2.75. The van der Waals surface area contributed by atoms with Gasteiger partial charge in [0.15, 0.2) is 5.65 Å². The quantitative estimate of drug-likeness (QED) is 0.572. The van der Waals surface area contributed by atoms with E-state index in [-0.39, 0.29) is 30.4 Å². The van der Waals surface area contributed by atoms with Crippen molar-refractivity contribution in [1.29, 1.82) is 0 Å². The molecule has 0 radical (unpaired) electrons. The van der Waals surface area contributed by atoms with E-state index in [4.69, 9.17) is 21.4 Å². The number of carbonyl (C=O) groups excluding carboxylic acids is 1. The van der Waals surface area contributed by atoms with Crippen LogP contribution >= 0.6 is 11.6 Å². The van der Waals surface area contributed by atoms with E-state index in [2.05, 4.69) is 15.4 Å². The predicted octanol–water partition coefficient (Wildman–Crippen LogP) is 2.79. The molecule has 10 heteroatoms. The maximum absolute atomic E-state index is 14.0. The van der Waals surface area contributed by atoms with Crippen LogP contribution in [0.2, 0.25) is 5.02 Å². The Morgan fingerprint density at radius 3 is 2.88 bits per heavy atom. The lowest BCUT2D eigenvalue weighted by Gasteiger charge is -2.36. The number of carbonyl (C=O) groups is 1. The molecule has 8 nitrogen and oxygen atoms in total. The van der Waals surface area contributed by atoms with Crippen molar-refractivity contribution in [3.05, 3.63) is 57.2 Å². The number of halogens is 2. The number of rotatable bonds is 6. The minimum atomic E-state index is -0.453. The maximum Gasteiger partial charge on any atom is 0.258 e. The minimum Gasteiger partial charge on any atom is -0.489 e. The Kier molecular flexibility index (Phi) is 5.72. The van der Waals surface area contributed by atoms with Gasteiger partial charge in [0.05, 0.1) is 47.4 Å². The molecule has 2 aromatic heterocycles. The fourth-order valence-corrected chi connectivity index (χ4v) is 4.60. The standard InChI is InChI=1S/C23H25ClFN5O3/c1-12-21(24)13(2)30-22(27-12)18-10-29(11-19(18)28-30)23(32)17-4-3-14(25)7-20(17)33-16-8-15(9-16)26-5-6-31/h3-4,7,15-16,26,31H,5-6,8-11H2,1-2H3. The monoisotopic (exact) mass is 473 g/mol. The van der Waals surface area contributed by atoms with Gasteiger partial charge in [-0.3, -0.25) is 4.79 Å². The normalized spacial score (nSPS) is 19.6. The molecule has 1 amide bonds. The highest BCUT2D eigenvalue weighted by Gasteiger charge is 2.34. The van der Waals surface area contributed by atoms with Crippen LogP contribution in [-0.2, 0) is 13.1 Å². The van der Waals surface area contributed by atoms with Gasteiger partial charge in [-0.1, -0.05) is 11.6 Å². The summed E-state index contributed by atoms with van der Waals surface area (Å²) in [6, 6.07) is 4.27. The number of aliphatic hydroxyl groups is 1. The zero-order valence-electron chi connectivity index (χ0n) is 18.4. The summed E-state index contributed by atoms with van der Waals surface area (Å²) in [7, 11) is 0. The van der Waals surface area contributed by atoms with E-state index in [1.54, 1.807) is 9.42 Å². The van der Waals surface area contributed by atoms with Crippen molar-refractivity contribution in [2.45, 2.75) is 51.9 Å². The van der Waals surface area contributed by atoms with Gasteiger partial charge in [-0.15, -0.1) is 0 Å². The highest BCUT2D eigenvalue weighted by molar-refractivity contribution is 6.31. The number of ether oxygens (including phenoxy) is 1. The lowest BCUT2D eigenvalue weighted by Crippen LogP contribution is -2.47. The lowest BCUT2D eigenvalue weighted by molar-refractivity contribution is 0.0695. The summed E-state index contributed by atoms with van der Waals surface area (Å²) in [6.07, 6.45) is 1.38. The Balaban J connectivity index is 1.34. The van der Waals surface area contributed by atoms with Crippen LogP contribution in [0.15, 0.2) is 18.2 Å². The van der Waals surface area contributed by atoms with E-state index in [0.717, 1.165) is 35.5 Å². The third kappa shape index (κ3) is 3.94. The van der Waals surface area contributed by atoms with Crippen molar-refractivity contribution in [3.63, 3.8) is 0 Å². The molecule has 2 N–H and O–H groups in total. The first-order valence-corrected chi connectivity index (χ1v) is 11.4. The molecule has 5 rings (SSSR count). The summed E-state index contributed by atoms with van der Waals surface area (Å²) in [5.41, 5.74) is 4.23. The predicted molar refractivity (Wildman–Crippen MR) is 120 cm³/mol. The molecule has 3 aromatic rings. The number of amides is 1. The molecule has 0 spiro atoms. The van der Waals surface area contributed by atoms with Crippen molar-refractivity contribution in [1.82, 2.24) is 24.8 Å². The van der Waals surface area contributed by atoms with Gasteiger partial charge in [-0.05, 0) is 38.8 Å². The summed E-state index contributed by atoms with van der Waals surface area (Å²) in [5, 5.41) is 17.3. The second-order valence-electron chi connectivity index (χ2n) is 8.64. The molecule has 1 fully saturated rings. The number of aryl methyl sites for hydroxylation is 2. The first kappa shape index (κ1) is 22.1. The molecule has 1 aromatic carbocycles. The van der Waals surface area contributed by atoms with Gasteiger partial charge in [0.1, 0.15) is 17.7 Å². The van der Waals surface area contributed by atoms with Crippen LogP contribution < -0.4 is 10.1 Å². The maximum atomic E-state index is 14.0. The largest absolute Gasteiger partial charge is 0.489 e. The fourth-order valence-electron chi connectivity index (χ4n) is 4.47. The van der Waals surface area contributed by atoms with E-state index in [9.17, 15) is 9.18 Å². The zero-order chi connectivity index (χ0) is 23.3. The van der Waals surface area contributed by atoms with Gasteiger partial charge in [0.25, 0.3) is 5.91 Å². The van der Waals surface area contributed by atoms with Crippen molar-refractivity contribution >= 4 is 23.2 Å². The fraction of sp³-hybridized carbons (Fsp3) is 0.435. The van der Waals surface area contributed by atoms with Crippen molar-refractivity contribution in [2.24, 2.45) is 0 Å². The SMILES string of the molecule is Cc1nc2c3c(nn2c(C)c1Cl)CN(C(=O)c1ccc(F)cc1OC1CC(NCCO)C1)C3. The van der Waals surface area contributed by atoms with Crippen molar-refractivity contribution < 1.29 is 19.0 Å². The molecule has 2 aliphatic rings. The summed E-state index contributed by atoms with van der Waals surface area (Å²) < 4.78 is 21.7. The smallest absolute Gasteiger partial charge is 0.258 e. The number of hydrogen-bond donors (Lipinski definition) is 2. The molecular weight excluding hydrogens is 449 g/mol. The summed E-state index contributed by atoms with van der Waals surface area (Å²) >= 11 is 6.31. The van der Waals surface area contributed by atoms with Gasteiger partial charge in [0.2, 0.25) is 0 Å². The summed E-state index contributed by atoms with van der Waals surface area (Å²) in [5.74, 6) is -0.441. The van der Waals surface area contributed by atoms with Crippen LogP contribution in [0.1, 0.15) is 45.8 Å². The molecule has 3 heterocycles. The lowest BCUT2D eigenvalue weighted by atomic mass is 9.89. The molecule has 0 bridgehead atoms. The van der Waals surface area contributed by atoms with Crippen LogP contribution in [0.4, 0.5) is 4.39 Å². The highest BCUT2D eigenvalue weighted by Crippen LogP contribution is 2.33. The summed E-state index contributed by atoms with van der Waals surface area (Å²) in [4.78, 5) is 19.6. The Bertz CT molecular complexity index is 1240. The Labute approximate surface area is 195 Å². The van der Waals surface area contributed by atoms with Gasteiger partial charge in [0, 0.05) is 24.2 Å². The van der Waals surface area contributed by atoms with Crippen LogP contribution in [0.5, 0.6) is 5.75 Å². The second kappa shape index (κ2) is 8.55. The molecule has 0 atom stereocenters. The molecular formula is C23H25ClFN5O3. The Morgan fingerprint density at radius 1 is 1.33 bits per heavy atom. The minimum absolute atomic E-state index is 0.0788. The van der Waals surface area contributed by atoms with E-state index in [1.807, 2.05) is 13.8 Å². The van der Waals surface area contributed by atoms with Gasteiger partial charge < -0.3 is 20.1 Å². The number of fused-ring (bicyclic) bond motifs is 3. The number of aliphatic hydroxyl groups excluding tert-OH is 1. The van der Waals surface area contributed by atoms with E-state index in [0.29, 0.717) is 35.9 Å². The number of aromatic nitrogens is 3. The second-order valence-corrected chi connectivity index (χ2v) is 9.02. The van der Waals surface area contributed by atoms with Crippen LogP contribution in [-0.4, -0.2) is 55.8 Å². The van der Waals surface area contributed by atoms with Crippen LogP contribution in [0, 0.1) is 19.7 Å². The molecule has 33 heavy (non-hydrogen) atoms. The van der Waals surface area contributed by atoms with E-state index >= 15 is 0 Å². The third-order valence-corrected chi connectivity index (χ3v) is 6.90. The van der Waals surface area contributed by atoms with Gasteiger partial charge in [-0.25, -0.2) is 13.9 Å². The molecule has 174 valence electrons. The molecule has 0 saturated heterocycles. The summed E-state index contributed by atoms with van der Waals surface area (Å²) in [6.45, 7) is 5.04. The molecule has 1 saturated carbocycles. The zero-order valence-corrected chi connectivity index (χ0v) is 19.2. The van der Waals surface area contributed by atoms with Crippen molar-refractivity contribution in [3.8, 4) is 5.75 Å². The molecule has 1 aliphatic heterocycles. The van der Waals surface area contributed by atoms with Crippen LogP contribution in [0.3, 0.4) is 0 Å². The van der Waals surface area contributed by atoms with E-state index in [1.165, 1.54) is 18.2 Å². The molecule has 0 unspecified atom stereocenters. The van der Waals surface area contributed by atoms with Crippen LogP contribution in [0.25, 0.3) is 5.65 Å². The average Bonchev–Trinajstić information content (AvgIpc) is 3.32. The highest BCUT2D eigenvalue weighted by atomic mass is 35.5.